The molecule has 0 atom stereocenters. The molecule has 1 fully saturated rings. The maximum Gasteiger partial charge on any atom is 0.269 e. The number of rotatable bonds is 6. The summed E-state index contributed by atoms with van der Waals surface area (Å²) in [5.74, 6) is 1.79. The fourth-order valence-electron chi connectivity index (χ4n) is 2.39. The second-order valence-corrected chi connectivity index (χ2v) is 6.30. The van der Waals surface area contributed by atoms with E-state index in [4.69, 9.17) is 0 Å². The zero-order valence-corrected chi connectivity index (χ0v) is 13.6. The van der Waals surface area contributed by atoms with Crippen LogP contribution in [0.2, 0.25) is 0 Å². The normalized spacial score (nSPS) is 15.0. The summed E-state index contributed by atoms with van der Waals surface area (Å²) in [6.45, 7) is 5.06. The van der Waals surface area contributed by atoms with Crippen LogP contribution in [0.1, 0.15) is 13.3 Å². The van der Waals surface area contributed by atoms with Crippen molar-refractivity contribution < 1.29 is 9.72 Å². The molecule has 0 aliphatic carbocycles. The molecule has 0 radical (unpaired) electrons. The Morgan fingerprint density at radius 2 is 1.86 bits per heavy atom. The molecule has 6 nitrogen and oxygen atoms in total. The Balaban J connectivity index is 1.83. The largest absolute Gasteiger partial charge is 0.368 e. The van der Waals surface area contributed by atoms with Crippen molar-refractivity contribution in [2.75, 3.05) is 42.6 Å². The van der Waals surface area contributed by atoms with Gasteiger partial charge >= 0.3 is 0 Å². The molecule has 120 valence electrons. The van der Waals surface area contributed by atoms with Gasteiger partial charge in [0, 0.05) is 44.0 Å². The standard InChI is InChI=1S/C15H21N3O3S/c1-2-11-22-12-15(19)17-9-7-16(8-10-17)13-3-5-14(6-4-13)18(20)21/h3-6H,2,7-12H2,1H3. The molecule has 1 aliphatic rings. The van der Waals surface area contributed by atoms with Crippen LogP contribution in [-0.2, 0) is 4.79 Å². The van der Waals surface area contributed by atoms with Crippen molar-refractivity contribution in [2.24, 2.45) is 0 Å². The first kappa shape index (κ1) is 16.6. The molecule has 1 aromatic carbocycles. The highest BCUT2D eigenvalue weighted by atomic mass is 32.2. The SMILES string of the molecule is CCCSCC(=O)N1CCN(c2ccc([N+](=O)[O-])cc2)CC1. The van der Waals surface area contributed by atoms with Crippen molar-refractivity contribution in [1.29, 1.82) is 0 Å². The van der Waals surface area contributed by atoms with Gasteiger partial charge in [0.25, 0.3) is 5.69 Å². The molecule has 22 heavy (non-hydrogen) atoms. The van der Waals surface area contributed by atoms with Crippen molar-refractivity contribution in [2.45, 2.75) is 13.3 Å². The lowest BCUT2D eigenvalue weighted by Gasteiger charge is -2.36. The molecule has 0 unspecified atom stereocenters. The van der Waals surface area contributed by atoms with Crippen molar-refractivity contribution in [3.8, 4) is 0 Å². The van der Waals surface area contributed by atoms with Crippen molar-refractivity contribution >= 4 is 29.0 Å². The van der Waals surface area contributed by atoms with E-state index < -0.39 is 4.92 Å². The molecule has 0 bridgehead atoms. The highest BCUT2D eigenvalue weighted by Crippen LogP contribution is 2.20. The van der Waals surface area contributed by atoms with E-state index in [9.17, 15) is 14.9 Å². The number of nitrogens with zero attached hydrogens (tertiary/aromatic N) is 3. The highest BCUT2D eigenvalue weighted by Gasteiger charge is 2.21. The van der Waals surface area contributed by atoms with Gasteiger partial charge in [0.05, 0.1) is 10.7 Å². The average molecular weight is 323 g/mol. The zero-order valence-electron chi connectivity index (χ0n) is 12.7. The van der Waals surface area contributed by atoms with Gasteiger partial charge in [-0.25, -0.2) is 0 Å². The van der Waals surface area contributed by atoms with Gasteiger partial charge in [0.2, 0.25) is 5.91 Å². The van der Waals surface area contributed by atoms with Crippen molar-refractivity contribution in [3.63, 3.8) is 0 Å². The molecular weight excluding hydrogens is 302 g/mol. The van der Waals surface area contributed by atoms with Crippen LogP contribution in [0.25, 0.3) is 0 Å². The monoisotopic (exact) mass is 323 g/mol. The Labute approximate surface area is 134 Å². The first-order chi connectivity index (χ1) is 10.6. The molecular formula is C15H21N3O3S. The van der Waals surface area contributed by atoms with Crippen LogP contribution in [0.15, 0.2) is 24.3 Å². The van der Waals surface area contributed by atoms with Crippen LogP contribution in [0.3, 0.4) is 0 Å². The number of benzene rings is 1. The number of nitro groups is 1. The summed E-state index contributed by atoms with van der Waals surface area (Å²) < 4.78 is 0. The minimum Gasteiger partial charge on any atom is -0.368 e. The first-order valence-corrected chi connectivity index (χ1v) is 8.62. The predicted octanol–water partition coefficient (Wildman–Crippen LogP) is 2.39. The minimum absolute atomic E-state index is 0.102. The topological polar surface area (TPSA) is 66.7 Å². The lowest BCUT2D eigenvalue weighted by molar-refractivity contribution is -0.384. The second kappa shape index (κ2) is 8.03. The average Bonchev–Trinajstić information content (AvgIpc) is 2.55. The number of hydrogen-bond acceptors (Lipinski definition) is 5. The smallest absolute Gasteiger partial charge is 0.269 e. The maximum atomic E-state index is 12.0. The summed E-state index contributed by atoms with van der Waals surface area (Å²) in [6, 6.07) is 6.59. The summed E-state index contributed by atoms with van der Waals surface area (Å²) >= 11 is 1.69. The van der Waals surface area contributed by atoms with E-state index in [1.165, 1.54) is 12.1 Å². The summed E-state index contributed by atoms with van der Waals surface area (Å²) in [5, 5.41) is 10.7. The van der Waals surface area contributed by atoms with E-state index in [1.54, 1.807) is 23.9 Å². The number of piperazine rings is 1. The van der Waals surface area contributed by atoms with E-state index in [0.29, 0.717) is 18.8 Å². The quantitative estimate of drug-likeness (QED) is 0.457. The fraction of sp³-hybridized carbons (Fsp3) is 0.533. The minimum atomic E-state index is -0.394. The van der Waals surface area contributed by atoms with E-state index in [1.807, 2.05) is 4.90 Å². The third-order valence-corrected chi connectivity index (χ3v) is 4.78. The third kappa shape index (κ3) is 4.37. The fourth-order valence-corrected chi connectivity index (χ4v) is 3.18. The van der Waals surface area contributed by atoms with E-state index >= 15 is 0 Å². The predicted molar refractivity (Wildman–Crippen MR) is 89.5 cm³/mol. The Bertz CT molecular complexity index is 513. The van der Waals surface area contributed by atoms with Crippen LogP contribution >= 0.6 is 11.8 Å². The number of anilines is 1. The van der Waals surface area contributed by atoms with Gasteiger partial charge in [-0.3, -0.25) is 14.9 Å². The molecule has 1 aromatic rings. The van der Waals surface area contributed by atoms with Gasteiger partial charge in [-0.05, 0) is 24.3 Å². The zero-order chi connectivity index (χ0) is 15.9. The maximum absolute atomic E-state index is 12.0. The third-order valence-electron chi connectivity index (χ3n) is 3.63. The molecule has 2 rings (SSSR count). The van der Waals surface area contributed by atoms with E-state index in [0.717, 1.165) is 31.0 Å². The second-order valence-electron chi connectivity index (χ2n) is 5.19. The molecule has 1 aliphatic heterocycles. The van der Waals surface area contributed by atoms with E-state index in [-0.39, 0.29) is 11.6 Å². The van der Waals surface area contributed by atoms with Gasteiger partial charge < -0.3 is 9.80 Å². The number of nitro benzene ring substituents is 1. The van der Waals surface area contributed by atoms with Gasteiger partial charge in [-0.1, -0.05) is 6.92 Å². The van der Waals surface area contributed by atoms with Crippen LogP contribution < -0.4 is 4.90 Å². The lowest BCUT2D eigenvalue weighted by Crippen LogP contribution is -2.49. The Morgan fingerprint density at radius 1 is 1.23 bits per heavy atom. The van der Waals surface area contributed by atoms with E-state index in [2.05, 4.69) is 11.8 Å². The Morgan fingerprint density at radius 3 is 2.41 bits per heavy atom. The Hall–Kier alpha value is -1.76. The molecule has 0 saturated carbocycles. The molecule has 7 heteroatoms. The van der Waals surface area contributed by atoms with Crippen molar-refractivity contribution in [3.05, 3.63) is 34.4 Å². The van der Waals surface area contributed by atoms with Gasteiger partial charge in [0.1, 0.15) is 0 Å². The van der Waals surface area contributed by atoms with Crippen LogP contribution in [0.5, 0.6) is 0 Å². The van der Waals surface area contributed by atoms with Gasteiger partial charge in [-0.2, -0.15) is 11.8 Å². The molecule has 0 N–H and O–H groups in total. The van der Waals surface area contributed by atoms with Gasteiger partial charge in [-0.15, -0.1) is 0 Å². The summed E-state index contributed by atoms with van der Waals surface area (Å²) in [4.78, 5) is 26.4. The number of thioether (sulfide) groups is 1. The molecule has 1 heterocycles. The summed E-state index contributed by atoms with van der Waals surface area (Å²) in [7, 11) is 0. The lowest BCUT2D eigenvalue weighted by atomic mass is 10.2. The van der Waals surface area contributed by atoms with Crippen LogP contribution in [0.4, 0.5) is 11.4 Å². The van der Waals surface area contributed by atoms with Crippen LogP contribution in [0, 0.1) is 10.1 Å². The van der Waals surface area contributed by atoms with Crippen molar-refractivity contribution in [1.82, 2.24) is 4.90 Å². The highest BCUT2D eigenvalue weighted by molar-refractivity contribution is 7.99. The number of hydrogen-bond donors (Lipinski definition) is 0. The number of non-ortho nitro benzene ring substituents is 1. The number of carbonyl (C=O) groups excluding carboxylic acids is 1. The molecule has 1 saturated heterocycles. The molecule has 0 spiro atoms. The first-order valence-electron chi connectivity index (χ1n) is 7.46. The summed E-state index contributed by atoms with van der Waals surface area (Å²) in [6.07, 6.45) is 1.09. The summed E-state index contributed by atoms with van der Waals surface area (Å²) in [5.41, 5.74) is 1.07. The molecule has 1 amide bonds. The van der Waals surface area contributed by atoms with Crippen LogP contribution in [-0.4, -0.2) is 53.4 Å². The number of carbonyl (C=O) groups is 1. The van der Waals surface area contributed by atoms with Gasteiger partial charge in [0.15, 0.2) is 0 Å². The molecule has 0 aromatic heterocycles. The number of amides is 1. The Kier molecular flexibility index (Phi) is 6.06.